The van der Waals surface area contributed by atoms with Gasteiger partial charge in [0.1, 0.15) is 11.6 Å². The molecule has 0 aliphatic carbocycles. The first-order valence-electron chi connectivity index (χ1n) is 18.5. The van der Waals surface area contributed by atoms with Crippen LogP contribution in [-0.2, 0) is 48.8 Å². The van der Waals surface area contributed by atoms with Crippen LogP contribution in [0.15, 0.2) is 24.4 Å². The monoisotopic (exact) mass is 858 g/mol. The molecule has 0 aromatic carbocycles. The van der Waals surface area contributed by atoms with Gasteiger partial charge in [-0.1, -0.05) is 75.3 Å². The average molecular weight is 859 g/mol. The lowest BCUT2D eigenvalue weighted by Gasteiger charge is -2.08. The Morgan fingerprint density at radius 2 is 1.11 bits per heavy atom. The van der Waals surface area contributed by atoms with Gasteiger partial charge in [0.05, 0.1) is 37.9 Å². The first kappa shape index (κ1) is 62.5. The molecule has 1 heterocycles. The minimum atomic E-state index is -3.37. The summed E-state index contributed by atoms with van der Waals surface area (Å²) in [6.07, 6.45) is 2.49. The molecule has 20 heteroatoms. The number of pyridine rings is 1. The van der Waals surface area contributed by atoms with Gasteiger partial charge in [0, 0.05) is 55.9 Å². The second-order valence-electron chi connectivity index (χ2n) is 13.8. The molecule has 57 heavy (non-hydrogen) atoms. The number of aliphatic hydroxyl groups is 2. The third-order valence-corrected chi connectivity index (χ3v) is 8.47. The third-order valence-electron chi connectivity index (χ3n) is 6.17. The Hall–Kier alpha value is -3.72. The van der Waals surface area contributed by atoms with Crippen molar-refractivity contribution in [1.82, 2.24) is 25.7 Å². The molecule has 18 nitrogen and oxygen atoms in total. The molecule has 0 radical (unpaired) electrons. The number of hydrogen-bond acceptors (Lipinski definition) is 13. The van der Waals surface area contributed by atoms with Crippen LogP contribution in [0, 0.1) is 29.6 Å². The Morgan fingerprint density at radius 3 is 1.37 bits per heavy atom. The van der Waals surface area contributed by atoms with Gasteiger partial charge in [0.25, 0.3) is 0 Å². The maximum atomic E-state index is 11.3. The number of Topliss-reactive ketones (excluding diaryl/α,β-unsaturated/α-hetero) is 1. The standard InChI is InChI=1S/C8H12N2O2S.C8H17NO3.C6H13NO2.C5H11NO3S.C5H11NO.C5H10O/c1-7(2)13(11,12)10-8-5-3-4-6-9-8;1-7(2)8(11)9-3-5-12-6-4-10;1-5(2)6(9)7-3-4-8;1-4(2)5(7)6-10(3,8)9;1-4(2)5(7)6-3;1-4(2)5(3)6/h3-7H,1-2H3,(H,9,10);7,10H,3-6H2,1-2H3,(H,9,11);5,8H,3-4H2,1-2H3,(H,7,9);4H,1-3H3,(H,6,7);4H,1-3H3,(H,6,7);4H,1-3H3. The predicted octanol–water partition coefficient (Wildman–Crippen LogP) is 2.09. The fourth-order valence-electron chi connectivity index (χ4n) is 2.28. The maximum Gasteiger partial charge on any atom is 0.236 e. The SMILES string of the molecule is CC(=O)C(C)C.CC(C)C(=O)NCCO.CC(C)C(=O)NCCOCCO.CC(C)C(=O)NS(C)(=O)=O.CC(C)S(=O)(=O)Nc1ccccn1.CNC(=O)C(C)C. The first-order valence-corrected chi connectivity index (χ1v) is 22.0. The molecule has 0 aliphatic heterocycles. The quantitative estimate of drug-likeness (QED) is 0.118. The highest BCUT2D eigenvalue weighted by molar-refractivity contribution is 7.93. The third kappa shape index (κ3) is 46.6. The molecular formula is C37H74N6O12S2. The molecule has 0 aliphatic rings. The summed E-state index contributed by atoms with van der Waals surface area (Å²) in [7, 11) is -4.99. The van der Waals surface area contributed by atoms with E-state index in [2.05, 4.69) is 25.7 Å². The predicted molar refractivity (Wildman–Crippen MR) is 225 cm³/mol. The Labute approximate surface area is 342 Å². The van der Waals surface area contributed by atoms with Crippen molar-refractivity contribution >= 4 is 55.3 Å². The van der Waals surface area contributed by atoms with Gasteiger partial charge in [-0.25, -0.2) is 21.8 Å². The van der Waals surface area contributed by atoms with Crippen LogP contribution >= 0.6 is 0 Å². The zero-order valence-electron chi connectivity index (χ0n) is 36.8. The van der Waals surface area contributed by atoms with Crippen molar-refractivity contribution in [3.63, 3.8) is 0 Å². The molecule has 1 aromatic heterocycles. The second-order valence-corrected chi connectivity index (χ2v) is 17.8. The van der Waals surface area contributed by atoms with E-state index in [-0.39, 0.29) is 66.3 Å². The van der Waals surface area contributed by atoms with Crippen LogP contribution in [-0.4, -0.2) is 120 Å². The lowest BCUT2D eigenvalue weighted by Crippen LogP contribution is -2.32. The highest BCUT2D eigenvalue weighted by Crippen LogP contribution is 2.07. The summed E-state index contributed by atoms with van der Waals surface area (Å²) in [4.78, 5) is 56.7. The van der Waals surface area contributed by atoms with Gasteiger partial charge in [-0.05, 0) is 32.9 Å². The number of amides is 4. The van der Waals surface area contributed by atoms with Crippen LogP contribution in [0.4, 0.5) is 5.82 Å². The summed E-state index contributed by atoms with van der Waals surface area (Å²) in [5.74, 6) is 0.324. The molecule has 0 fully saturated rings. The molecule has 0 spiro atoms. The zero-order valence-corrected chi connectivity index (χ0v) is 38.4. The molecule has 0 saturated carbocycles. The van der Waals surface area contributed by atoms with Crippen molar-refractivity contribution in [2.75, 3.05) is 57.5 Å². The van der Waals surface area contributed by atoms with Crippen molar-refractivity contribution in [1.29, 1.82) is 0 Å². The normalized spacial score (nSPS) is 10.5. The summed E-state index contributed by atoms with van der Waals surface area (Å²) in [5.41, 5.74) is 0. The molecule has 0 saturated heterocycles. The van der Waals surface area contributed by atoms with Crippen LogP contribution in [0.3, 0.4) is 0 Å². The van der Waals surface area contributed by atoms with Gasteiger partial charge in [-0.3, -0.25) is 33.4 Å². The van der Waals surface area contributed by atoms with E-state index >= 15 is 0 Å². The Kier molecular flexibility index (Phi) is 40.1. The van der Waals surface area contributed by atoms with Crippen molar-refractivity contribution in [2.45, 2.75) is 95.3 Å². The molecular weight excluding hydrogens is 785 g/mol. The van der Waals surface area contributed by atoms with E-state index in [4.69, 9.17) is 14.9 Å². The van der Waals surface area contributed by atoms with Gasteiger partial charge in [0.15, 0.2) is 0 Å². The number of carbonyl (C=O) groups excluding carboxylic acids is 5. The van der Waals surface area contributed by atoms with Crippen LogP contribution < -0.4 is 25.4 Å². The molecule has 0 atom stereocenters. The van der Waals surface area contributed by atoms with Crippen LogP contribution in [0.1, 0.15) is 90.0 Å². The van der Waals surface area contributed by atoms with E-state index in [1.165, 1.54) is 6.20 Å². The van der Waals surface area contributed by atoms with E-state index in [9.17, 15) is 40.8 Å². The first-order chi connectivity index (χ1) is 26.0. The summed E-state index contributed by atoms with van der Waals surface area (Å²) in [6.45, 7) is 24.6. The number of ketones is 1. The number of nitrogens with zero attached hydrogens (tertiary/aromatic N) is 1. The van der Waals surface area contributed by atoms with Gasteiger partial charge in [-0.2, -0.15) is 0 Å². The number of sulfonamides is 2. The Morgan fingerprint density at radius 1 is 0.667 bits per heavy atom. The van der Waals surface area contributed by atoms with E-state index in [1.54, 1.807) is 59.9 Å². The lowest BCUT2D eigenvalue weighted by atomic mass is 10.1. The number of aliphatic hydroxyl groups excluding tert-OH is 2. The van der Waals surface area contributed by atoms with Crippen molar-refractivity contribution in [3.8, 4) is 0 Å². The highest BCUT2D eigenvalue weighted by atomic mass is 32.2. The van der Waals surface area contributed by atoms with Crippen LogP contribution in [0.5, 0.6) is 0 Å². The minimum absolute atomic E-state index is 0.0101. The van der Waals surface area contributed by atoms with Gasteiger partial charge < -0.3 is 30.9 Å². The number of aromatic nitrogens is 1. The molecule has 4 amide bonds. The number of rotatable bonds is 16. The molecule has 0 bridgehead atoms. The average Bonchev–Trinajstić information content (AvgIpc) is 3.10. The summed E-state index contributed by atoms with van der Waals surface area (Å²) in [5, 5.41) is 23.9. The topological polar surface area (TPSA) is 276 Å². The van der Waals surface area contributed by atoms with E-state index < -0.39 is 31.2 Å². The summed E-state index contributed by atoms with van der Waals surface area (Å²) >= 11 is 0. The van der Waals surface area contributed by atoms with Crippen molar-refractivity contribution in [2.24, 2.45) is 29.6 Å². The number of anilines is 1. The molecule has 7 N–H and O–H groups in total. The lowest BCUT2D eigenvalue weighted by molar-refractivity contribution is -0.124. The van der Waals surface area contributed by atoms with E-state index in [0.29, 0.717) is 32.1 Å². The Balaban J connectivity index is -0.000000193. The maximum absolute atomic E-state index is 11.3. The fourth-order valence-corrected chi connectivity index (χ4v) is 3.53. The van der Waals surface area contributed by atoms with Crippen LogP contribution in [0.25, 0.3) is 0 Å². The largest absolute Gasteiger partial charge is 0.395 e. The van der Waals surface area contributed by atoms with E-state index in [1.807, 2.05) is 60.1 Å². The molecule has 336 valence electrons. The number of ether oxygens (including phenoxy) is 1. The number of nitrogens with one attached hydrogen (secondary N) is 5. The second kappa shape index (κ2) is 36.6. The molecule has 1 aromatic rings. The van der Waals surface area contributed by atoms with Gasteiger partial charge in [-0.15, -0.1) is 0 Å². The number of hydrogen-bond donors (Lipinski definition) is 7. The van der Waals surface area contributed by atoms with Crippen molar-refractivity contribution < 1.29 is 55.8 Å². The van der Waals surface area contributed by atoms with Crippen LogP contribution in [0.2, 0.25) is 0 Å². The highest BCUT2D eigenvalue weighted by Gasteiger charge is 2.15. The zero-order chi connectivity index (χ0) is 45.9. The smallest absolute Gasteiger partial charge is 0.236 e. The molecule has 0 unspecified atom stereocenters. The minimum Gasteiger partial charge on any atom is -0.395 e. The van der Waals surface area contributed by atoms with E-state index in [0.717, 1.165) is 6.26 Å². The molecule has 1 rings (SSSR count). The fraction of sp³-hybridized carbons (Fsp3) is 0.730. The summed E-state index contributed by atoms with van der Waals surface area (Å²) < 4.78 is 52.7. The van der Waals surface area contributed by atoms with Crippen molar-refractivity contribution in [3.05, 3.63) is 24.4 Å². The summed E-state index contributed by atoms with van der Waals surface area (Å²) in [6, 6.07) is 5.07. The van der Waals surface area contributed by atoms with Gasteiger partial charge in [0.2, 0.25) is 43.7 Å². The Bertz CT molecular complexity index is 1440. The van der Waals surface area contributed by atoms with Gasteiger partial charge >= 0.3 is 0 Å². The number of carbonyl (C=O) groups is 5.